The van der Waals surface area contributed by atoms with Crippen LogP contribution in [-0.2, 0) is 11.3 Å². The van der Waals surface area contributed by atoms with E-state index in [1.807, 2.05) is 23.6 Å². The Morgan fingerprint density at radius 3 is 2.64 bits per heavy atom. The summed E-state index contributed by atoms with van der Waals surface area (Å²) in [6.07, 6.45) is 1.22. The van der Waals surface area contributed by atoms with Gasteiger partial charge in [0.05, 0.1) is 15.9 Å². The topological polar surface area (TPSA) is 68.8 Å². The van der Waals surface area contributed by atoms with Gasteiger partial charge in [0, 0.05) is 61.8 Å². The molecule has 0 saturated carbocycles. The van der Waals surface area contributed by atoms with Crippen molar-refractivity contribution < 1.29 is 9.59 Å². The molecule has 2 saturated heterocycles. The van der Waals surface area contributed by atoms with Gasteiger partial charge in [0.15, 0.2) is 0 Å². The minimum atomic E-state index is -0.166. The lowest BCUT2D eigenvalue weighted by Gasteiger charge is -2.36. The van der Waals surface area contributed by atoms with Crippen LogP contribution >= 0.6 is 34.5 Å². The number of aromatic nitrogens is 1. The number of urea groups is 1. The van der Waals surface area contributed by atoms with E-state index in [0.29, 0.717) is 55.7 Å². The van der Waals surface area contributed by atoms with Crippen molar-refractivity contribution in [3.05, 3.63) is 51.3 Å². The van der Waals surface area contributed by atoms with Gasteiger partial charge in [-0.25, -0.2) is 9.78 Å². The van der Waals surface area contributed by atoms with E-state index < -0.39 is 0 Å². The van der Waals surface area contributed by atoms with Gasteiger partial charge < -0.3 is 15.1 Å². The molecule has 172 valence electrons. The van der Waals surface area contributed by atoms with Gasteiger partial charge in [0.1, 0.15) is 5.82 Å². The minimum absolute atomic E-state index is 0.0662. The van der Waals surface area contributed by atoms with Crippen LogP contribution in [0.5, 0.6) is 0 Å². The molecule has 10 heteroatoms. The maximum absolute atomic E-state index is 12.7. The SMILES string of the molecule is O=C1CCCN1C(=O)N1CCN(c2cc(NCc3ccc(Cl)cc3Cl)c3sccc3n2)CC1. The van der Waals surface area contributed by atoms with Crippen molar-refractivity contribution in [2.75, 3.05) is 42.9 Å². The lowest BCUT2D eigenvalue weighted by atomic mass is 10.2. The average molecular weight is 504 g/mol. The first kappa shape index (κ1) is 22.3. The van der Waals surface area contributed by atoms with Crippen molar-refractivity contribution >= 4 is 68.2 Å². The fourth-order valence-corrected chi connectivity index (χ4v) is 5.54. The number of hydrogen-bond acceptors (Lipinski definition) is 6. The molecule has 1 aromatic carbocycles. The lowest BCUT2D eigenvalue weighted by Crippen LogP contribution is -2.53. The predicted octanol–water partition coefficient (Wildman–Crippen LogP) is 5.08. The maximum atomic E-state index is 12.7. The van der Waals surface area contributed by atoms with E-state index in [1.165, 1.54) is 4.90 Å². The summed E-state index contributed by atoms with van der Waals surface area (Å²) in [4.78, 5) is 34.8. The number of thiophene rings is 1. The Balaban J connectivity index is 1.30. The largest absolute Gasteiger partial charge is 0.380 e. The molecule has 2 aliphatic rings. The molecule has 1 N–H and O–H groups in total. The fourth-order valence-electron chi connectivity index (χ4n) is 4.24. The number of nitrogens with zero attached hydrogens (tertiary/aromatic N) is 4. The van der Waals surface area contributed by atoms with Crippen LogP contribution in [0, 0.1) is 0 Å². The number of anilines is 2. The Morgan fingerprint density at radius 1 is 1.09 bits per heavy atom. The third-order valence-corrected chi connectivity index (χ3v) is 7.58. The third kappa shape index (κ3) is 4.60. The van der Waals surface area contributed by atoms with Gasteiger partial charge in [0.25, 0.3) is 0 Å². The van der Waals surface area contributed by atoms with Crippen LogP contribution in [0.3, 0.4) is 0 Å². The second-order valence-corrected chi connectivity index (χ2v) is 9.92. The number of carbonyl (C=O) groups excluding carboxylic acids is 2. The van der Waals surface area contributed by atoms with Gasteiger partial charge in [-0.15, -0.1) is 11.3 Å². The zero-order chi connectivity index (χ0) is 22.9. The zero-order valence-corrected chi connectivity index (χ0v) is 20.2. The summed E-state index contributed by atoms with van der Waals surface area (Å²) in [5.41, 5.74) is 2.90. The van der Waals surface area contributed by atoms with Crippen molar-refractivity contribution in [3.63, 3.8) is 0 Å². The summed E-state index contributed by atoms with van der Waals surface area (Å²) in [6, 6.07) is 9.41. The van der Waals surface area contributed by atoms with Crippen LogP contribution < -0.4 is 10.2 Å². The average Bonchev–Trinajstić information content (AvgIpc) is 3.47. The first-order valence-corrected chi connectivity index (χ1v) is 12.5. The van der Waals surface area contributed by atoms with Gasteiger partial charge in [-0.2, -0.15) is 0 Å². The molecule has 0 aliphatic carbocycles. The Hall–Kier alpha value is -2.55. The summed E-state index contributed by atoms with van der Waals surface area (Å²) >= 11 is 14.0. The second-order valence-electron chi connectivity index (χ2n) is 8.16. The molecule has 3 amide bonds. The molecule has 4 heterocycles. The molecule has 0 spiro atoms. The summed E-state index contributed by atoms with van der Waals surface area (Å²) in [5.74, 6) is 0.804. The van der Waals surface area contributed by atoms with Crippen molar-refractivity contribution in [3.8, 4) is 0 Å². The molecule has 2 aromatic heterocycles. The summed E-state index contributed by atoms with van der Waals surface area (Å²) in [7, 11) is 0. The van der Waals surface area contributed by atoms with Gasteiger partial charge in [-0.3, -0.25) is 9.69 Å². The first-order chi connectivity index (χ1) is 16.0. The van der Waals surface area contributed by atoms with Crippen LogP contribution in [0.15, 0.2) is 35.7 Å². The van der Waals surface area contributed by atoms with Crippen molar-refractivity contribution in [1.29, 1.82) is 0 Å². The van der Waals surface area contributed by atoms with Crippen LogP contribution in [0.1, 0.15) is 18.4 Å². The number of halogens is 2. The molecule has 33 heavy (non-hydrogen) atoms. The molecule has 7 nitrogen and oxygen atoms in total. The molecule has 2 fully saturated rings. The number of rotatable bonds is 4. The van der Waals surface area contributed by atoms with Crippen LogP contribution in [-0.4, -0.2) is 59.4 Å². The van der Waals surface area contributed by atoms with E-state index in [0.717, 1.165) is 33.7 Å². The van der Waals surface area contributed by atoms with Gasteiger partial charge in [-0.05, 0) is 35.6 Å². The molecule has 0 unspecified atom stereocenters. The van der Waals surface area contributed by atoms with E-state index in [-0.39, 0.29) is 11.9 Å². The highest BCUT2D eigenvalue weighted by Gasteiger charge is 2.32. The van der Waals surface area contributed by atoms with E-state index in [2.05, 4.69) is 16.3 Å². The van der Waals surface area contributed by atoms with Crippen molar-refractivity contribution in [2.24, 2.45) is 0 Å². The number of carbonyl (C=O) groups is 2. The van der Waals surface area contributed by atoms with E-state index in [4.69, 9.17) is 28.2 Å². The number of piperazine rings is 1. The van der Waals surface area contributed by atoms with E-state index in [9.17, 15) is 9.59 Å². The Kier molecular flexibility index (Phi) is 6.32. The molecule has 0 bridgehead atoms. The number of amides is 3. The van der Waals surface area contributed by atoms with Gasteiger partial charge in [-0.1, -0.05) is 29.3 Å². The van der Waals surface area contributed by atoms with E-state index in [1.54, 1.807) is 22.3 Å². The highest BCUT2D eigenvalue weighted by molar-refractivity contribution is 7.17. The van der Waals surface area contributed by atoms with Crippen LogP contribution in [0.4, 0.5) is 16.3 Å². The van der Waals surface area contributed by atoms with Crippen molar-refractivity contribution in [1.82, 2.24) is 14.8 Å². The van der Waals surface area contributed by atoms with Crippen molar-refractivity contribution in [2.45, 2.75) is 19.4 Å². The van der Waals surface area contributed by atoms with Crippen LogP contribution in [0.25, 0.3) is 10.2 Å². The number of benzene rings is 1. The smallest absolute Gasteiger partial charge is 0.326 e. The number of pyridine rings is 1. The standard InChI is InChI=1S/C23H23Cl2N5O2S/c24-16-4-3-15(17(25)12-16)14-26-19-13-20(27-18-5-11-33-22(18)19)28-7-9-29(10-8-28)23(32)30-6-1-2-21(30)31/h3-5,11-13H,1-2,6-10,14H2,(H,26,27). The minimum Gasteiger partial charge on any atom is -0.380 e. The normalized spacial score (nSPS) is 16.7. The molecule has 5 rings (SSSR count). The number of nitrogens with one attached hydrogen (secondary N) is 1. The van der Waals surface area contributed by atoms with E-state index >= 15 is 0 Å². The fraction of sp³-hybridized carbons (Fsp3) is 0.348. The Bertz CT molecular complexity index is 1210. The predicted molar refractivity (Wildman–Crippen MR) is 134 cm³/mol. The lowest BCUT2D eigenvalue weighted by molar-refractivity contribution is -0.125. The molecular weight excluding hydrogens is 481 g/mol. The summed E-state index contributed by atoms with van der Waals surface area (Å²) in [5, 5.41) is 6.78. The van der Waals surface area contributed by atoms with Crippen LogP contribution in [0.2, 0.25) is 10.0 Å². The zero-order valence-electron chi connectivity index (χ0n) is 17.9. The first-order valence-electron chi connectivity index (χ1n) is 10.9. The number of imide groups is 1. The molecule has 2 aliphatic heterocycles. The molecule has 0 radical (unpaired) electrons. The third-order valence-electron chi connectivity index (χ3n) is 6.06. The molecule has 0 atom stereocenters. The number of likely N-dealkylation sites (tertiary alicyclic amines) is 1. The maximum Gasteiger partial charge on any atom is 0.326 e. The van der Waals surface area contributed by atoms with Gasteiger partial charge >= 0.3 is 6.03 Å². The quantitative estimate of drug-likeness (QED) is 0.537. The van der Waals surface area contributed by atoms with Gasteiger partial charge in [0.2, 0.25) is 5.91 Å². The number of fused-ring (bicyclic) bond motifs is 1. The molecular formula is C23H23Cl2N5O2S. The highest BCUT2D eigenvalue weighted by atomic mass is 35.5. The second kappa shape index (κ2) is 9.37. The monoisotopic (exact) mass is 503 g/mol. The highest BCUT2D eigenvalue weighted by Crippen LogP contribution is 2.33. The Labute approximate surface area is 205 Å². The number of hydrogen-bond donors (Lipinski definition) is 1. The summed E-state index contributed by atoms with van der Waals surface area (Å²) in [6.45, 7) is 3.56. The summed E-state index contributed by atoms with van der Waals surface area (Å²) < 4.78 is 1.09. The Morgan fingerprint density at radius 2 is 1.91 bits per heavy atom. The molecule has 3 aromatic rings.